The topological polar surface area (TPSA) is 75.6 Å². The number of hydrogen-bond acceptors (Lipinski definition) is 4. The van der Waals surface area contributed by atoms with Crippen molar-refractivity contribution in [1.29, 1.82) is 0 Å². The molecule has 0 aromatic heterocycles. The lowest BCUT2D eigenvalue weighted by Crippen LogP contribution is -2.59. The molecule has 0 bridgehead atoms. The molecular formula is C14H28N4O. The van der Waals surface area contributed by atoms with Crippen molar-refractivity contribution >= 4 is 5.91 Å². The zero-order chi connectivity index (χ0) is 14.0. The largest absolute Gasteiger partial charge is 0.368 e. The number of nitrogens with two attached hydrogens (primary N) is 2. The van der Waals surface area contributed by atoms with E-state index in [1.165, 1.54) is 6.42 Å². The van der Waals surface area contributed by atoms with Gasteiger partial charge in [0.2, 0.25) is 5.91 Å². The Bertz CT molecular complexity index is 335. The van der Waals surface area contributed by atoms with Crippen molar-refractivity contribution in [3.05, 3.63) is 0 Å². The second kappa shape index (κ2) is 5.77. The summed E-state index contributed by atoms with van der Waals surface area (Å²) in [5, 5.41) is 0. The van der Waals surface area contributed by atoms with Gasteiger partial charge in [-0.1, -0.05) is 0 Å². The van der Waals surface area contributed by atoms with Gasteiger partial charge in [-0.05, 0) is 59.2 Å². The highest BCUT2D eigenvalue weighted by Gasteiger charge is 2.40. The Morgan fingerprint density at radius 2 is 2.05 bits per heavy atom. The van der Waals surface area contributed by atoms with E-state index in [-0.39, 0.29) is 5.91 Å². The molecule has 0 spiro atoms. The third-order valence-corrected chi connectivity index (χ3v) is 4.82. The minimum Gasteiger partial charge on any atom is -0.368 e. The molecule has 2 aliphatic rings. The highest BCUT2D eigenvalue weighted by Crippen LogP contribution is 2.31. The summed E-state index contributed by atoms with van der Waals surface area (Å²) in [6.45, 7) is 5.62. The van der Waals surface area contributed by atoms with E-state index in [0.717, 1.165) is 45.3 Å². The van der Waals surface area contributed by atoms with E-state index >= 15 is 0 Å². The van der Waals surface area contributed by atoms with Crippen molar-refractivity contribution in [2.45, 2.75) is 56.7 Å². The molecule has 2 fully saturated rings. The summed E-state index contributed by atoms with van der Waals surface area (Å²) in [6, 6.07) is 0.931. The van der Waals surface area contributed by atoms with Gasteiger partial charge in [-0.15, -0.1) is 0 Å². The molecule has 1 saturated heterocycles. The highest BCUT2D eigenvalue weighted by atomic mass is 16.1. The van der Waals surface area contributed by atoms with Gasteiger partial charge in [-0.2, -0.15) is 0 Å². The van der Waals surface area contributed by atoms with E-state index in [9.17, 15) is 4.79 Å². The van der Waals surface area contributed by atoms with Gasteiger partial charge >= 0.3 is 0 Å². The molecule has 5 heteroatoms. The van der Waals surface area contributed by atoms with E-state index in [1.807, 2.05) is 0 Å². The van der Waals surface area contributed by atoms with Crippen LogP contribution in [-0.4, -0.2) is 60.0 Å². The van der Waals surface area contributed by atoms with Crippen LogP contribution < -0.4 is 11.5 Å². The SMILES string of the molecule is CC1CN(C)CCCN1C1CCCC(N)(C(N)=O)C1. The van der Waals surface area contributed by atoms with Gasteiger partial charge in [-0.3, -0.25) is 9.69 Å². The fourth-order valence-corrected chi connectivity index (χ4v) is 3.72. The van der Waals surface area contributed by atoms with Gasteiger partial charge in [0.05, 0.1) is 5.54 Å². The van der Waals surface area contributed by atoms with Crippen LogP contribution in [0, 0.1) is 0 Å². The predicted octanol–water partition coefficient (Wildman–Crippen LogP) is 0.138. The third kappa shape index (κ3) is 3.27. The molecule has 110 valence electrons. The minimum absolute atomic E-state index is 0.336. The maximum atomic E-state index is 11.6. The number of likely N-dealkylation sites (N-methyl/N-ethyl adjacent to an activating group) is 1. The molecule has 1 aliphatic heterocycles. The van der Waals surface area contributed by atoms with Crippen LogP contribution in [-0.2, 0) is 4.79 Å². The number of carbonyl (C=O) groups excluding carboxylic acids is 1. The van der Waals surface area contributed by atoms with Crippen LogP contribution in [0.1, 0.15) is 39.0 Å². The zero-order valence-electron chi connectivity index (χ0n) is 12.3. The zero-order valence-corrected chi connectivity index (χ0v) is 12.3. The first kappa shape index (κ1) is 14.8. The lowest BCUT2D eigenvalue weighted by Gasteiger charge is -2.43. The number of primary amides is 1. The van der Waals surface area contributed by atoms with Crippen molar-refractivity contribution in [1.82, 2.24) is 9.80 Å². The summed E-state index contributed by atoms with van der Waals surface area (Å²) in [6.07, 6.45) is 4.78. The molecule has 19 heavy (non-hydrogen) atoms. The summed E-state index contributed by atoms with van der Waals surface area (Å²) < 4.78 is 0. The molecule has 1 aliphatic carbocycles. The number of rotatable bonds is 2. The maximum absolute atomic E-state index is 11.6. The van der Waals surface area contributed by atoms with E-state index in [4.69, 9.17) is 11.5 Å². The van der Waals surface area contributed by atoms with E-state index in [0.29, 0.717) is 12.1 Å². The molecule has 3 unspecified atom stereocenters. The lowest BCUT2D eigenvalue weighted by atomic mass is 9.78. The van der Waals surface area contributed by atoms with Crippen LogP contribution in [0.2, 0.25) is 0 Å². The Hall–Kier alpha value is -0.650. The maximum Gasteiger partial charge on any atom is 0.237 e. The van der Waals surface area contributed by atoms with Crippen molar-refractivity contribution in [3.8, 4) is 0 Å². The number of carbonyl (C=O) groups is 1. The van der Waals surface area contributed by atoms with Crippen LogP contribution >= 0.6 is 0 Å². The fourth-order valence-electron chi connectivity index (χ4n) is 3.72. The molecule has 1 saturated carbocycles. The normalized spacial score (nSPS) is 38.9. The first-order chi connectivity index (χ1) is 8.92. The number of nitrogens with zero attached hydrogens (tertiary/aromatic N) is 2. The quantitative estimate of drug-likeness (QED) is 0.747. The monoisotopic (exact) mass is 268 g/mol. The van der Waals surface area contributed by atoms with E-state index in [1.54, 1.807) is 0 Å². The van der Waals surface area contributed by atoms with Crippen molar-refractivity contribution < 1.29 is 4.79 Å². The summed E-state index contributed by atoms with van der Waals surface area (Å²) in [4.78, 5) is 16.5. The fraction of sp³-hybridized carbons (Fsp3) is 0.929. The van der Waals surface area contributed by atoms with Crippen LogP contribution in [0.3, 0.4) is 0 Å². The smallest absolute Gasteiger partial charge is 0.237 e. The Kier molecular flexibility index (Phi) is 4.48. The van der Waals surface area contributed by atoms with Crippen LogP contribution in [0.4, 0.5) is 0 Å². The van der Waals surface area contributed by atoms with Gasteiger partial charge in [-0.25, -0.2) is 0 Å². The first-order valence-electron chi connectivity index (χ1n) is 7.45. The molecule has 4 N–H and O–H groups in total. The number of amides is 1. The van der Waals surface area contributed by atoms with Crippen molar-refractivity contribution in [2.24, 2.45) is 11.5 Å². The molecule has 1 heterocycles. The molecule has 0 aromatic rings. The van der Waals surface area contributed by atoms with Gasteiger partial charge in [0, 0.05) is 18.6 Å². The second-order valence-electron chi connectivity index (χ2n) is 6.47. The van der Waals surface area contributed by atoms with Crippen LogP contribution in [0.5, 0.6) is 0 Å². The van der Waals surface area contributed by atoms with Crippen LogP contribution in [0.15, 0.2) is 0 Å². The Labute approximate surface area is 116 Å². The molecular weight excluding hydrogens is 240 g/mol. The molecule has 3 atom stereocenters. The molecule has 1 amide bonds. The molecule has 0 aromatic carbocycles. The summed E-state index contributed by atoms with van der Waals surface area (Å²) in [5.74, 6) is -0.336. The first-order valence-corrected chi connectivity index (χ1v) is 7.45. The van der Waals surface area contributed by atoms with Crippen molar-refractivity contribution in [3.63, 3.8) is 0 Å². The summed E-state index contributed by atoms with van der Waals surface area (Å²) in [7, 11) is 2.18. The predicted molar refractivity (Wildman–Crippen MR) is 76.7 cm³/mol. The van der Waals surface area contributed by atoms with Gasteiger partial charge in [0.1, 0.15) is 0 Å². The minimum atomic E-state index is -0.791. The Morgan fingerprint density at radius 3 is 2.74 bits per heavy atom. The average Bonchev–Trinajstić information content (AvgIpc) is 2.50. The summed E-state index contributed by atoms with van der Waals surface area (Å²) >= 11 is 0. The summed E-state index contributed by atoms with van der Waals surface area (Å²) in [5.41, 5.74) is 10.9. The average molecular weight is 268 g/mol. The van der Waals surface area contributed by atoms with Gasteiger partial charge < -0.3 is 16.4 Å². The third-order valence-electron chi connectivity index (χ3n) is 4.82. The standard InChI is InChI=1S/C14H28N4O/c1-11-10-17(2)7-4-8-18(11)12-5-3-6-14(16,9-12)13(15)19/h11-12H,3-10,16H2,1-2H3,(H2,15,19). The van der Waals surface area contributed by atoms with Gasteiger partial charge in [0.25, 0.3) is 0 Å². The lowest BCUT2D eigenvalue weighted by molar-refractivity contribution is -0.125. The molecule has 0 radical (unpaired) electrons. The van der Waals surface area contributed by atoms with Gasteiger partial charge in [0.15, 0.2) is 0 Å². The molecule has 2 rings (SSSR count). The van der Waals surface area contributed by atoms with Crippen LogP contribution in [0.25, 0.3) is 0 Å². The second-order valence-corrected chi connectivity index (χ2v) is 6.47. The number of hydrogen-bond donors (Lipinski definition) is 2. The Morgan fingerprint density at radius 1 is 1.32 bits per heavy atom. The van der Waals surface area contributed by atoms with E-state index < -0.39 is 5.54 Å². The highest BCUT2D eigenvalue weighted by molar-refractivity contribution is 5.84. The molecule has 5 nitrogen and oxygen atoms in total. The Balaban J connectivity index is 2.06. The van der Waals surface area contributed by atoms with E-state index in [2.05, 4.69) is 23.8 Å². The van der Waals surface area contributed by atoms with Crippen molar-refractivity contribution in [2.75, 3.05) is 26.7 Å².